The van der Waals surface area contributed by atoms with Gasteiger partial charge in [0, 0.05) is 6.54 Å². The summed E-state index contributed by atoms with van der Waals surface area (Å²) in [4.78, 5) is 0. The van der Waals surface area contributed by atoms with E-state index in [1.807, 2.05) is 24.7 Å². The zero-order valence-corrected chi connectivity index (χ0v) is 13.7. The SMILES string of the molecule is CCCn1ncc(Cl)c1C(NC)c1ccc(OC)c(C)c1. The van der Waals surface area contributed by atoms with E-state index in [0.717, 1.165) is 35.5 Å². The Morgan fingerprint density at radius 1 is 1.43 bits per heavy atom. The van der Waals surface area contributed by atoms with Crippen LogP contribution < -0.4 is 10.1 Å². The van der Waals surface area contributed by atoms with Gasteiger partial charge in [0.05, 0.1) is 30.1 Å². The fraction of sp³-hybridized carbons (Fsp3) is 0.438. The summed E-state index contributed by atoms with van der Waals surface area (Å²) < 4.78 is 7.30. The molecule has 0 aliphatic rings. The van der Waals surface area contributed by atoms with Gasteiger partial charge >= 0.3 is 0 Å². The molecule has 1 unspecified atom stereocenters. The molecule has 0 amide bonds. The highest BCUT2D eigenvalue weighted by atomic mass is 35.5. The van der Waals surface area contributed by atoms with Crippen molar-refractivity contribution < 1.29 is 4.74 Å². The third-order valence-electron chi connectivity index (χ3n) is 3.58. The number of methoxy groups -OCH3 is 1. The van der Waals surface area contributed by atoms with E-state index < -0.39 is 0 Å². The van der Waals surface area contributed by atoms with Crippen molar-refractivity contribution in [3.8, 4) is 5.75 Å². The minimum absolute atomic E-state index is 0.0103. The number of nitrogens with one attached hydrogen (secondary N) is 1. The first-order valence-corrected chi connectivity index (χ1v) is 7.53. The van der Waals surface area contributed by atoms with Gasteiger partial charge in [0.15, 0.2) is 0 Å². The molecule has 1 N–H and O–H groups in total. The first-order chi connectivity index (χ1) is 10.1. The molecular formula is C16H22ClN3O. The maximum absolute atomic E-state index is 6.35. The van der Waals surface area contributed by atoms with Crippen molar-refractivity contribution in [1.29, 1.82) is 0 Å². The quantitative estimate of drug-likeness (QED) is 0.886. The van der Waals surface area contributed by atoms with E-state index in [1.165, 1.54) is 0 Å². The predicted molar refractivity (Wildman–Crippen MR) is 86.2 cm³/mol. The van der Waals surface area contributed by atoms with Gasteiger partial charge in [-0.3, -0.25) is 4.68 Å². The molecule has 4 nitrogen and oxygen atoms in total. The van der Waals surface area contributed by atoms with Crippen LogP contribution in [0.4, 0.5) is 0 Å². The maximum atomic E-state index is 6.35. The number of rotatable bonds is 6. The summed E-state index contributed by atoms with van der Waals surface area (Å²) in [6, 6.07) is 6.19. The molecule has 1 aromatic heterocycles. The minimum Gasteiger partial charge on any atom is -0.496 e. The predicted octanol–water partition coefficient (Wildman–Crippen LogP) is 3.57. The van der Waals surface area contributed by atoms with Crippen molar-refractivity contribution in [3.63, 3.8) is 0 Å². The molecule has 2 aromatic rings. The fourth-order valence-corrected chi connectivity index (χ4v) is 2.84. The highest BCUT2D eigenvalue weighted by Crippen LogP contribution is 2.30. The second-order valence-electron chi connectivity index (χ2n) is 5.05. The molecule has 0 radical (unpaired) electrons. The van der Waals surface area contributed by atoms with Gasteiger partial charge in [0.25, 0.3) is 0 Å². The van der Waals surface area contributed by atoms with Crippen LogP contribution in [0.5, 0.6) is 5.75 Å². The lowest BCUT2D eigenvalue weighted by Crippen LogP contribution is -2.22. The number of hydrogen-bond donors (Lipinski definition) is 1. The Bertz CT molecular complexity index is 610. The van der Waals surface area contributed by atoms with Gasteiger partial charge in [0.2, 0.25) is 0 Å². The van der Waals surface area contributed by atoms with Gasteiger partial charge in [0.1, 0.15) is 5.75 Å². The van der Waals surface area contributed by atoms with Crippen LogP contribution in [0.15, 0.2) is 24.4 Å². The fourth-order valence-electron chi connectivity index (χ4n) is 2.59. The zero-order valence-electron chi connectivity index (χ0n) is 13.0. The van der Waals surface area contributed by atoms with Crippen LogP contribution in [0.25, 0.3) is 0 Å². The Hall–Kier alpha value is -1.52. The van der Waals surface area contributed by atoms with E-state index in [1.54, 1.807) is 13.3 Å². The number of halogens is 1. The zero-order chi connectivity index (χ0) is 15.4. The molecule has 114 valence electrons. The van der Waals surface area contributed by atoms with Crippen molar-refractivity contribution >= 4 is 11.6 Å². The topological polar surface area (TPSA) is 39.1 Å². The lowest BCUT2D eigenvalue weighted by atomic mass is 10.0. The Morgan fingerprint density at radius 3 is 2.76 bits per heavy atom. The summed E-state index contributed by atoms with van der Waals surface area (Å²) in [6.45, 7) is 5.03. The number of aryl methyl sites for hydroxylation is 2. The van der Waals surface area contributed by atoms with Crippen LogP contribution in [0.1, 0.15) is 36.2 Å². The second kappa shape index (κ2) is 6.96. The minimum atomic E-state index is 0.0103. The van der Waals surface area contributed by atoms with Crippen LogP contribution in [-0.4, -0.2) is 23.9 Å². The largest absolute Gasteiger partial charge is 0.496 e. The smallest absolute Gasteiger partial charge is 0.121 e. The summed E-state index contributed by atoms with van der Waals surface area (Å²) in [5.41, 5.74) is 3.26. The molecule has 0 aliphatic carbocycles. The summed E-state index contributed by atoms with van der Waals surface area (Å²) >= 11 is 6.35. The summed E-state index contributed by atoms with van der Waals surface area (Å²) in [6.07, 6.45) is 2.73. The van der Waals surface area contributed by atoms with Crippen molar-refractivity contribution in [3.05, 3.63) is 46.2 Å². The standard InChI is InChI=1S/C16H22ClN3O/c1-5-8-20-16(13(17)10-19-20)15(18-3)12-6-7-14(21-4)11(2)9-12/h6-7,9-10,15,18H,5,8H2,1-4H3. The van der Waals surface area contributed by atoms with Crippen LogP contribution in [0, 0.1) is 6.92 Å². The molecule has 21 heavy (non-hydrogen) atoms. The lowest BCUT2D eigenvalue weighted by Gasteiger charge is -2.20. The molecule has 0 fully saturated rings. The normalized spacial score (nSPS) is 12.4. The molecule has 2 rings (SSSR count). The molecule has 0 bridgehead atoms. The lowest BCUT2D eigenvalue weighted by molar-refractivity contribution is 0.411. The van der Waals surface area contributed by atoms with Crippen LogP contribution in [0.2, 0.25) is 5.02 Å². The molecular weight excluding hydrogens is 286 g/mol. The van der Waals surface area contributed by atoms with Crippen molar-refractivity contribution in [2.24, 2.45) is 0 Å². The van der Waals surface area contributed by atoms with E-state index in [0.29, 0.717) is 5.02 Å². The summed E-state index contributed by atoms with van der Waals surface area (Å²) in [5, 5.41) is 8.41. The molecule has 1 aromatic carbocycles. The number of nitrogens with zero attached hydrogens (tertiary/aromatic N) is 2. The Morgan fingerprint density at radius 2 is 2.19 bits per heavy atom. The Labute approximate surface area is 131 Å². The van der Waals surface area contributed by atoms with Crippen LogP contribution >= 0.6 is 11.6 Å². The van der Waals surface area contributed by atoms with Gasteiger partial charge in [-0.1, -0.05) is 30.7 Å². The molecule has 0 spiro atoms. The Balaban J connectivity index is 2.44. The van der Waals surface area contributed by atoms with Crippen molar-refractivity contribution in [1.82, 2.24) is 15.1 Å². The maximum Gasteiger partial charge on any atom is 0.121 e. The molecule has 0 saturated heterocycles. The van der Waals surface area contributed by atoms with Gasteiger partial charge < -0.3 is 10.1 Å². The monoisotopic (exact) mass is 307 g/mol. The molecule has 1 atom stereocenters. The highest BCUT2D eigenvalue weighted by Gasteiger charge is 2.21. The molecule has 5 heteroatoms. The van der Waals surface area contributed by atoms with E-state index in [9.17, 15) is 0 Å². The average Bonchev–Trinajstić information content (AvgIpc) is 2.82. The number of ether oxygens (including phenoxy) is 1. The molecule has 1 heterocycles. The first-order valence-electron chi connectivity index (χ1n) is 7.15. The third-order valence-corrected chi connectivity index (χ3v) is 3.87. The Kier molecular flexibility index (Phi) is 5.26. The second-order valence-corrected chi connectivity index (χ2v) is 5.46. The number of aromatic nitrogens is 2. The highest BCUT2D eigenvalue weighted by molar-refractivity contribution is 6.31. The summed E-state index contributed by atoms with van der Waals surface area (Å²) in [7, 11) is 3.62. The molecule has 0 aliphatic heterocycles. The summed E-state index contributed by atoms with van der Waals surface area (Å²) in [5.74, 6) is 0.891. The van der Waals surface area contributed by atoms with Gasteiger partial charge in [-0.15, -0.1) is 0 Å². The average molecular weight is 308 g/mol. The van der Waals surface area contributed by atoms with Gasteiger partial charge in [-0.05, 0) is 37.6 Å². The van der Waals surface area contributed by atoms with Crippen LogP contribution in [0.3, 0.4) is 0 Å². The first kappa shape index (κ1) is 15.9. The van der Waals surface area contributed by atoms with Crippen molar-refractivity contribution in [2.75, 3.05) is 14.2 Å². The van der Waals surface area contributed by atoms with E-state index in [4.69, 9.17) is 16.3 Å². The van der Waals surface area contributed by atoms with E-state index in [2.05, 4.69) is 29.5 Å². The van der Waals surface area contributed by atoms with E-state index >= 15 is 0 Å². The molecule has 0 saturated carbocycles. The number of hydrogen-bond acceptors (Lipinski definition) is 3. The number of benzene rings is 1. The van der Waals surface area contributed by atoms with Gasteiger partial charge in [-0.25, -0.2) is 0 Å². The van der Waals surface area contributed by atoms with E-state index in [-0.39, 0.29) is 6.04 Å². The third kappa shape index (κ3) is 3.22. The van der Waals surface area contributed by atoms with Gasteiger partial charge in [-0.2, -0.15) is 5.10 Å². The van der Waals surface area contributed by atoms with Crippen LogP contribution in [-0.2, 0) is 6.54 Å². The van der Waals surface area contributed by atoms with Crippen molar-refractivity contribution in [2.45, 2.75) is 32.9 Å².